The Morgan fingerprint density at radius 1 is 0.731 bits per heavy atom. The van der Waals surface area contributed by atoms with Crippen molar-refractivity contribution < 1.29 is 13.6 Å². The van der Waals surface area contributed by atoms with Gasteiger partial charge < -0.3 is 25.0 Å². The van der Waals surface area contributed by atoms with Crippen LogP contribution in [0.5, 0.6) is 0 Å². The molecule has 8 aromatic rings. The molecule has 0 aliphatic carbocycles. The Hall–Kier alpha value is -6.62. The van der Waals surface area contributed by atoms with E-state index in [-0.39, 0.29) is 17.9 Å². The Morgan fingerprint density at radius 2 is 1.38 bits per heavy atom. The van der Waals surface area contributed by atoms with E-state index in [1.165, 1.54) is 0 Å². The summed E-state index contributed by atoms with van der Waals surface area (Å²) in [6, 6.07) is 17.0. The minimum atomic E-state index is -0.0990. The quantitative estimate of drug-likeness (QED) is 0.196. The number of methoxy groups -OCH3 is 1. The second-order valence-electron chi connectivity index (χ2n) is 11.9. The molecule has 4 N–H and O–H groups in total. The zero-order valence-corrected chi connectivity index (χ0v) is 29.0. The van der Waals surface area contributed by atoms with Gasteiger partial charge in [-0.05, 0) is 68.3 Å². The van der Waals surface area contributed by atoms with E-state index in [0.29, 0.717) is 58.4 Å². The summed E-state index contributed by atoms with van der Waals surface area (Å²) in [6.07, 6.45) is 4.69. The summed E-state index contributed by atoms with van der Waals surface area (Å²) < 4.78 is 19.4. The summed E-state index contributed by atoms with van der Waals surface area (Å²) in [5.41, 5.74) is 19.9. The third-order valence-electron chi connectivity index (χ3n) is 8.36. The van der Waals surface area contributed by atoms with Crippen molar-refractivity contribution in [1.29, 1.82) is 0 Å². The van der Waals surface area contributed by atoms with Gasteiger partial charge in [-0.1, -0.05) is 29.5 Å². The highest BCUT2D eigenvalue weighted by Gasteiger charge is 2.23. The molecule has 17 heteroatoms. The number of nitrogens with two attached hydrogens (primary N) is 2. The summed E-state index contributed by atoms with van der Waals surface area (Å²) in [6.45, 7) is 7.17. The second-order valence-corrected chi connectivity index (χ2v) is 11.9. The van der Waals surface area contributed by atoms with Crippen molar-refractivity contribution >= 4 is 34.2 Å². The molecule has 0 saturated heterocycles. The highest BCUT2D eigenvalue weighted by atomic mass is 16.5. The van der Waals surface area contributed by atoms with Crippen LogP contribution in [0.1, 0.15) is 47.7 Å². The molecule has 0 spiro atoms. The summed E-state index contributed by atoms with van der Waals surface area (Å²) in [4.78, 5) is 26.5. The molecule has 0 radical (unpaired) electrons. The maximum atomic E-state index is 5.93. The van der Waals surface area contributed by atoms with Gasteiger partial charge in [-0.15, -0.1) is 10.2 Å². The van der Waals surface area contributed by atoms with Crippen molar-refractivity contribution in [3.05, 3.63) is 95.5 Å². The predicted octanol–water partition coefficient (Wildman–Crippen LogP) is 4.77. The SMILES string of the molecule is CCC(c1ccc(C)c(C)n1)n1nnc2c(-c3ccco3)nc(N)nc21.COCCc1cccc(Cn2nnc3c(-c4ccco4)nc(N)nc32)n1. The standard InChI is InChI=1S/C18H19N7O.C17H17N7O2/c1-4-13(12-8-7-10(2)11(3)20-12)25-17-16(23-24-25)15(21-18(19)22-17)14-6-5-9-26-14;1-25-9-7-11-4-2-5-12(19-11)10-24-16-15(22-23-24)14(20-17(18)21-16)13-6-3-8-26-13/h5-9,13H,4H2,1-3H3,(H2,19,21,22);2-6,8H,7,9-10H2,1H3,(H2,18,20,21). The molecule has 0 bridgehead atoms. The molecule has 0 fully saturated rings. The zero-order valence-electron chi connectivity index (χ0n) is 29.0. The number of aromatic nitrogens is 12. The number of fused-ring (bicyclic) bond motifs is 2. The molecule has 52 heavy (non-hydrogen) atoms. The first-order chi connectivity index (χ1) is 25.3. The van der Waals surface area contributed by atoms with E-state index < -0.39 is 0 Å². The molecule has 8 aromatic heterocycles. The summed E-state index contributed by atoms with van der Waals surface area (Å²) in [7, 11) is 1.67. The highest BCUT2D eigenvalue weighted by molar-refractivity contribution is 5.86. The highest BCUT2D eigenvalue weighted by Crippen LogP contribution is 2.30. The number of rotatable bonds is 10. The topological polar surface area (TPSA) is 226 Å². The largest absolute Gasteiger partial charge is 0.463 e. The van der Waals surface area contributed by atoms with Crippen LogP contribution in [0.25, 0.3) is 45.2 Å². The van der Waals surface area contributed by atoms with Gasteiger partial charge in [0, 0.05) is 24.9 Å². The fourth-order valence-corrected chi connectivity index (χ4v) is 5.67. The number of ether oxygens (including phenoxy) is 1. The van der Waals surface area contributed by atoms with Crippen molar-refractivity contribution in [3.8, 4) is 22.9 Å². The Balaban J connectivity index is 0.000000162. The van der Waals surface area contributed by atoms with Crippen LogP contribution in [-0.2, 0) is 17.7 Å². The first kappa shape index (κ1) is 33.9. The van der Waals surface area contributed by atoms with E-state index in [2.05, 4.69) is 58.5 Å². The Bertz CT molecular complexity index is 2440. The van der Waals surface area contributed by atoms with Crippen molar-refractivity contribution in [1.82, 2.24) is 59.9 Å². The molecule has 8 heterocycles. The van der Waals surface area contributed by atoms with Gasteiger partial charge in [0.15, 0.2) is 33.8 Å². The summed E-state index contributed by atoms with van der Waals surface area (Å²) in [5, 5.41) is 17.0. The van der Waals surface area contributed by atoms with Crippen LogP contribution < -0.4 is 11.5 Å². The van der Waals surface area contributed by atoms with Gasteiger partial charge in [-0.25, -0.2) is 19.3 Å². The van der Waals surface area contributed by atoms with Gasteiger partial charge in [-0.3, -0.25) is 9.97 Å². The van der Waals surface area contributed by atoms with Crippen LogP contribution in [0.4, 0.5) is 11.9 Å². The van der Waals surface area contributed by atoms with Gasteiger partial charge >= 0.3 is 0 Å². The lowest BCUT2D eigenvalue weighted by Crippen LogP contribution is -2.15. The smallest absolute Gasteiger partial charge is 0.222 e. The maximum Gasteiger partial charge on any atom is 0.222 e. The summed E-state index contributed by atoms with van der Waals surface area (Å²) in [5.74, 6) is 1.42. The molecule has 0 aliphatic heterocycles. The Morgan fingerprint density at radius 3 is 2.02 bits per heavy atom. The van der Waals surface area contributed by atoms with Crippen molar-refractivity contribution in [2.75, 3.05) is 25.2 Å². The van der Waals surface area contributed by atoms with E-state index in [4.69, 9.17) is 30.0 Å². The normalized spacial score (nSPS) is 11.9. The number of anilines is 2. The van der Waals surface area contributed by atoms with Crippen LogP contribution in [0.2, 0.25) is 0 Å². The fourth-order valence-electron chi connectivity index (χ4n) is 5.67. The zero-order chi connectivity index (χ0) is 36.2. The maximum absolute atomic E-state index is 5.93. The molecule has 264 valence electrons. The van der Waals surface area contributed by atoms with Gasteiger partial charge in [-0.2, -0.15) is 9.97 Å². The third-order valence-corrected chi connectivity index (χ3v) is 8.36. The molecule has 0 aliphatic rings. The number of hydrogen-bond donors (Lipinski definition) is 2. The van der Waals surface area contributed by atoms with Gasteiger partial charge in [0.05, 0.1) is 43.1 Å². The average Bonchev–Trinajstić information content (AvgIpc) is 3.98. The molecule has 17 nitrogen and oxygen atoms in total. The Labute approximate surface area is 297 Å². The van der Waals surface area contributed by atoms with E-state index in [9.17, 15) is 0 Å². The minimum Gasteiger partial charge on any atom is -0.463 e. The lowest BCUT2D eigenvalue weighted by atomic mass is 10.1. The lowest BCUT2D eigenvalue weighted by Gasteiger charge is -2.16. The number of nitrogens with zero attached hydrogens (tertiary/aromatic N) is 12. The average molecular weight is 701 g/mol. The molecule has 1 unspecified atom stereocenters. The monoisotopic (exact) mass is 700 g/mol. The van der Waals surface area contributed by atoms with Crippen molar-refractivity contribution in [3.63, 3.8) is 0 Å². The molecule has 8 rings (SSSR count). The molecule has 0 saturated carbocycles. The second kappa shape index (κ2) is 14.7. The fraction of sp³-hybridized carbons (Fsp3) is 0.257. The van der Waals surface area contributed by atoms with E-state index >= 15 is 0 Å². The molecule has 1 atom stereocenters. The number of aryl methyl sites for hydroxylation is 2. The van der Waals surface area contributed by atoms with E-state index in [0.717, 1.165) is 41.2 Å². The molecule has 0 aromatic carbocycles. The van der Waals surface area contributed by atoms with Gasteiger partial charge in [0.25, 0.3) is 0 Å². The van der Waals surface area contributed by atoms with E-state index in [1.807, 2.05) is 44.2 Å². The lowest BCUT2D eigenvalue weighted by molar-refractivity contribution is 0.201. The summed E-state index contributed by atoms with van der Waals surface area (Å²) >= 11 is 0. The minimum absolute atomic E-state index is 0.0990. The first-order valence-corrected chi connectivity index (χ1v) is 16.5. The first-order valence-electron chi connectivity index (χ1n) is 16.5. The van der Waals surface area contributed by atoms with Crippen LogP contribution in [0, 0.1) is 13.8 Å². The van der Waals surface area contributed by atoms with Crippen molar-refractivity contribution in [2.24, 2.45) is 0 Å². The van der Waals surface area contributed by atoms with Crippen LogP contribution in [-0.4, -0.2) is 73.6 Å². The number of hydrogen-bond acceptors (Lipinski definition) is 15. The van der Waals surface area contributed by atoms with Crippen LogP contribution >= 0.6 is 0 Å². The van der Waals surface area contributed by atoms with Gasteiger partial charge in [0.2, 0.25) is 11.9 Å². The van der Waals surface area contributed by atoms with E-state index in [1.54, 1.807) is 47.2 Å². The number of pyridine rings is 2. The molecular formula is C35H36N14O3. The Kier molecular flexibility index (Phi) is 9.57. The molecular weight excluding hydrogens is 664 g/mol. The van der Waals surface area contributed by atoms with Crippen LogP contribution in [0.3, 0.4) is 0 Å². The van der Waals surface area contributed by atoms with Crippen LogP contribution in [0.15, 0.2) is 76.0 Å². The van der Waals surface area contributed by atoms with Gasteiger partial charge in [0.1, 0.15) is 11.4 Å². The number of furan rings is 2. The number of nitrogen functional groups attached to an aromatic ring is 2. The third kappa shape index (κ3) is 6.88. The predicted molar refractivity (Wildman–Crippen MR) is 192 cm³/mol. The molecule has 0 amide bonds. The van der Waals surface area contributed by atoms with Crippen molar-refractivity contribution in [2.45, 2.75) is 46.2 Å².